The van der Waals surface area contributed by atoms with E-state index in [1.54, 1.807) is 0 Å². The van der Waals surface area contributed by atoms with Crippen molar-refractivity contribution in [3.05, 3.63) is 22.8 Å². The fourth-order valence-corrected chi connectivity index (χ4v) is 4.21. The second kappa shape index (κ2) is 8.52. The molecule has 1 aromatic heterocycles. The number of nitrogens with two attached hydrogens (primary N) is 1. The van der Waals surface area contributed by atoms with E-state index in [-0.39, 0.29) is 56.3 Å². The largest absolute Gasteiger partial charge is 0.338 e. The first kappa shape index (κ1) is 23.1. The first-order valence-electron chi connectivity index (χ1n) is 9.48. The van der Waals surface area contributed by atoms with Gasteiger partial charge in [0.05, 0.1) is 18.8 Å². The van der Waals surface area contributed by atoms with E-state index in [9.17, 15) is 27.2 Å². The normalized spacial score (nSPS) is 20.2. The molecule has 3 rings (SSSR count). The summed E-state index contributed by atoms with van der Waals surface area (Å²) >= 11 is 1.02. The van der Waals surface area contributed by atoms with Crippen molar-refractivity contribution in [2.24, 2.45) is 5.73 Å². The van der Waals surface area contributed by atoms with Gasteiger partial charge in [-0.2, -0.15) is 8.78 Å². The Balaban J connectivity index is 1.64. The first-order chi connectivity index (χ1) is 13.9. The van der Waals surface area contributed by atoms with Crippen LogP contribution in [0.15, 0.2) is 0 Å². The van der Waals surface area contributed by atoms with Gasteiger partial charge in [0.15, 0.2) is 0 Å². The SMILES string of the molecule is Cc1nc2c(c(C(F)(F)I)n1)CCN(C(=O)C[C@H](N)CN1CC(F)(F)CCC1=O)C2. The van der Waals surface area contributed by atoms with E-state index in [4.69, 9.17) is 5.73 Å². The Labute approximate surface area is 184 Å². The average molecular weight is 543 g/mol. The molecular formula is C18H22F4IN5O2. The molecule has 0 radical (unpaired) electrons. The van der Waals surface area contributed by atoms with Gasteiger partial charge in [0.25, 0.3) is 5.92 Å². The minimum absolute atomic E-state index is 0.0463. The summed E-state index contributed by atoms with van der Waals surface area (Å²) in [6.45, 7) is 0.912. The number of piperidine rings is 1. The van der Waals surface area contributed by atoms with E-state index in [0.717, 1.165) is 27.5 Å². The molecule has 0 spiro atoms. The van der Waals surface area contributed by atoms with E-state index in [2.05, 4.69) is 9.97 Å². The number of halogens is 5. The molecule has 30 heavy (non-hydrogen) atoms. The van der Waals surface area contributed by atoms with Gasteiger partial charge in [-0.1, -0.05) is 0 Å². The van der Waals surface area contributed by atoms with Gasteiger partial charge < -0.3 is 15.5 Å². The Bertz CT molecular complexity index is 849. The summed E-state index contributed by atoms with van der Waals surface area (Å²) in [5, 5.41) is 0. The summed E-state index contributed by atoms with van der Waals surface area (Å²) in [6, 6.07) is -0.807. The molecule has 166 valence electrons. The summed E-state index contributed by atoms with van der Waals surface area (Å²) in [4.78, 5) is 35.0. The lowest BCUT2D eigenvalue weighted by Crippen LogP contribution is -2.51. The molecule has 2 aliphatic rings. The van der Waals surface area contributed by atoms with Crippen LogP contribution in [0.25, 0.3) is 0 Å². The number of carbonyl (C=O) groups excluding carboxylic acids is 2. The van der Waals surface area contributed by atoms with E-state index < -0.39 is 34.8 Å². The maximum atomic E-state index is 13.9. The highest BCUT2D eigenvalue weighted by Gasteiger charge is 2.40. The second-order valence-electron chi connectivity index (χ2n) is 7.70. The standard InChI is InChI=1S/C18H22F4IN5O2/c1-10-25-13-8-27(5-3-12(13)16(26-10)18(21,22)23)15(30)6-11(24)7-28-9-17(19,20)4-2-14(28)29/h11H,2-9,24H2,1H3/t11-/m0/s1. The lowest BCUT2D eigenvalue weighted by atomic mass is 10.0. The van der Waals surface area contributed by atoms with Crippen LogP contribution in [0.5, 0.6) is 0 Å². The van der Waals surface area contributed by atoms with Crippen molar-refractivity contribution in [2.75, 3.05) is 19.6 Å². The van der Waals surface area contributed by atoms with Crippen LogP contribution in [0, 0.1) is 6.92 Å². The number of carbonyl (C=O) groups is 2. The van der Waals surface area contributed by atoms with Gasteiger partial charge in [-0.25, -0.2) is 18.7 Å². The molecule has 0 aromatic carbocycles. The Morgan fingerprint density at radius 3 is 2.70 bits per heavy atom. The lowest BCUT2D eigenvalue weighted by Gasteiger charge is -2.34. The Hall–Kier alpha value is -1.57. The number of alkyl halides is 5. The van der Waals surface area contributed by atoms with Crippen LogP contribution in [0.4, 0.5) is 17.6 Å². The minimum Gasteiger partial charge on any atom is -0.336 e. The highest BCUT2D eigenvalue weighted by molar-refractivity contribution is 14.1. The zero-order valence-electron chi connectivity index (χ0n) is 16.3. The molecule has 3 heterocycles. The van der Waals surface area contributed by atoms with Crippen molar-refractivity contribution in [2.45, 2.75) is 55.0 Å². The quantitative estimate of drug-likeness (QED) is 0.349. The zero-order valence-corrected chi connectivity index (χ0v) is 18.5. The maximum Gasteiger partial charge on any atom is 0.338 e. The van der Waals surface area contributed by atoms with Crippen LogP contribution in [0.2, 0.25) is 0 Å². The number of aryl methyl sites for hydroxylation is 1. The molecular weight excluding hydrogens is 521 g/mol. The third-order valence-electron chi connectivity index (χ3n) is 5.17. The van der Waals surface area contributed by atoms with Crippen molar-refractivity contribution in [3.63, 3.8) is 0 Å². The number of hydrogen-bond donors (Lipinski definition) is 1. The minimum atomic E-state index is -3.15. The molecule has 0 bridgehead atoms. The molecule has 7 nitrogen and oxygen atoms in total. The summed E-state index contributed by atoms with van der Waals surface area (Å²) in [7, 11) is 0. The third-order valence-corrected chi connectivity index (χ3v) is 5.68. The van der Waals surface area contributed by atoms with E-state index in [1.807, 2.05) is 0 Å². The van der Waals surface area contributed by atoms with Crippen LogP contribution in [-0.4, -0.2) is 63.2 Å². The Morgan fingerprint density at radius 1 is 1.33 bits per heavy atom. The van der Waals surface area contributed by atoms with Gasteiger partial charge in [0.1, 0.15) is 11.5 Å². The number of amides is 2. The molecule has 0 unspecified atom stereocenters. The number of fused-ring (bicyclic) bond motifs is 1. The fraction of sp³-hybridized carbons (Fsp3) is 0.667. The zero-order chi connectivity index (χ0) is 22.3. The predicted octanol–water partition coefficient (Wildman–Crippen LogP) is 2.13. The van der Waals surface area contributed by atoms with Gasteiger partial charge in [-0.05, 0) is 13.3 Å². The van der Waals surface area contributed by atoms with Crippen LogP contribution in [0.1, 0.15) is 42.0 Å². The van der Waals surface area contributed by atoms with Crippen molar-refractivity contribution in [1.29, 1.82) is 0 Å². The van der Waals surface area contributed by atoms with Gasteiger partial charge in [0.2, 0.25) is 11.8 Å². The number of aromatic nitrogens is 2. The van der Waals surface area contributed by atoms with Gasteiger partial charge in [0, 0.05) is 66.5 Å². The molecule has 12 heteroatoms. The van der Waals surface area contributed by atoms with Gasteiger partial charge >= 0.3 is 3.93 Å². The fourth-order valence-electron chi connectivity index (χ4n) is 3.76. The smallest absolute Gasteiger partial charge is 0.336 e. The molecule has 1 fully saturated rings. The van der Waals surface area contributed by atoms with Crippen LogP contribution in [-0.2, 0) is 26.5 Å². The Kier molecular flexibility index (Phi) is 6.56. The third kappa shape index (κ3) is 5.37. The van der Waals surface area contributed by atoms with E-state index in [0.29, 0.717) is 11.3 Å². The monoisotopic (exact) mass is 543 g/mol. The molecule has 1 saturated heterocycles. The van der Waals surface area contributed by atoms with Gasteiger partial charge in [-0.15, -0.1) is 0 Å². The second-order valence-corrected chi connectivity index (χ2v) is 9.06. The van der Waals surface area contributed by atoms with Crippen LogP contribution in [0.3, 0.4) is 0 Å². The molecule has 2 N–H and O–H groups in total. The molecule has 0 aliphatic carbocycles. The molecule has 1 aromatic rings. The van der Waals surface area contributed by atoms with Crippen molar-refractivity contribution < 1.29 is 27.2 Å². The van der Waals surface area contributed by atoms with Crippen molar-refractivity contribution in [1.82, 2.24) is 19.8 Å². The Morgan fingerprint density at radius 2 is 2.03 bits per heavy atom. The topological polar surface area (TPSA) is 92.4 Å². The number of likely N-dealkylation sites (tertiary alicyclic amines) is 1. The number of hydrogen-bond acceptors (Lipinski definition) is 5. The average Bonchev–Trinajstić information content (AvgIpc) is 2.62. The van der Waals surface area contributed by atoms with Crippen molar-refractivity contribution >= 4 is 34.4 Å². The maximum absolute atomic E-state index is 13.9. The van der Waals surface area contributed by atoms with Crippen LogP contribution >= 0.6 is 22.6 Å². The van der Waals surface area contributed by atoms with E-state index in [1.165, 1.54) is 11.8 Å². The van der Waals surface area contributed by atoms with Gasteiger partial charge in [-0.3, -0.25) is 9.59 Å². The first-order valence-corrected chi connectivity index (χ1v) is 10.6. The molecule has 0 saturated carbocycles. The lowest BCUT2D eigenvalue weighted by molar-refractivity contribution is -0.148. The van der Waals surface area contributed by atoms with Crippen LogP contribution < -0.4 is 5.73 Å². The molecule has 2 aliphatic heterocycles. The van der Waals surface area contributed by atoms with E-state index >= 15 is 0 Å². The summed E-state index contributed by atoms with van der Waals surface area (Å²) < 4.78 is 51.7. The highest BCUT2D eigenvalue weighted by atomic mass is 127. The summed E-state index contributed by atoms with van der Waals surface area (Å²) in [6.07, 6.45) is -0.700. The highest BCUT2D eigenvalue weighted by Crippen LogP contribution is 2.38. The molecule has 1 atom stereocenters. The summed E-state index contributed by atoms with van der Waals surface area (Å²) in [5.74, 6) is -3.52. The molecule has 2 amide bonds. The van der Waals surface area contributed by atoms with Crippen molar-refractivity contribution in [3.8, 4) is 0 Å². The number of nitrogens with zero attached hydrogens (tertiary/aromatic N) is 4. The summed E-state index contributed by atoms with van der Waals surface area (Å²) in [5.41, 5.74) is 6.33. The predicted molar refractivity (Wildman–Crippen MR) is 107 cm³/mol. The number of rotatable bonds is 5.